The van der Waals surface area contributed by atoms with E-state index in [2.05, 4.69) is 10.6 Å². The van der Waals surface area contributed by atoms with Crippen molar-refractivity contribution in [2.45, 2.75) is 63.5 Å². The van der Waals surface area contributed by atoms with Crippen LogP contribution in [0.3, 0.4) is 0 Å². The molecule has 3 aliphatic rings. The lowest BCUT2D eigenvalue weighted by molar-refractivity contribution is 0.144. The molecular weight excluding hydrogens is 240 g/mol. The molecule has 1 aliphatic heterocycles. The number of carbonyl (C=O) groups excluding carboxylic acids is 1. The monoisotopic (exact) mass is 266 g/mol. The van der Waals surface area contributed by atoms with E-state index in [-0.39, 0.29) is 12.1 Å². The van der Waals surface area contributed by atoms with Crippen molar-refractivity contribution in [3.05, 3.63) is 0 Å². The number of fused-ring (bicyclic) bond motifs is 1. The molecule has 1 heterocycles. The van der Waals surface area contributed by atoms with Crippen molar-refractivity contribution in [2.24, 2.45) is 11.8 Å². The van der Waals surface area contributed by atoms with Gasteiger partial charge in [0.05, 0.1) is 12.6 Å². The molecule has 0 aromatic carbocycles. The number of hydrogen-bond donors (Lipinski definition) is 2. The van der Waals surface area contributed by atoms with E-state index >= 15 is 0 Å². The van der Waals surface area contributed by atoms with Gasteiger partial charge >= 0.3 is 6.03 Å². The van der Waals surface area contributed by atoms with Gasteiger partial charge in [-0.25, -0.2) is 4.79 Å². The first-order chi connectivity index (χ1) is 9.31. The summed E-state index contributed by atoms with van der Waals surface area (Å²) in [6, 6.07) is 0.613. The molecule has 3 rings (SSSR count). The molecule has 2 saturated carbocycles. The molecule has 2 amide bonds. The zero-order valence-corrected chi connectivity index (χ0v) is 11.7. The van der Waals surface area contributed by atoms with Gasteiger partial charge < -0.3 is 15.4 Å². The Morgan fingerprint density at radius 2 is 1.68 bits per heavy atom. The van der Waals surface area contributed by atoms with Gasteiger partial charge in [-0.3, -0.25) is 0 Å². The normalized spacial score (nSPS) is 38.5. The second kappa shape index (κ2) is 6.12. The highest BCUT2D eigenvalue weighted by molar-refractivity contribution is 5.74. The standard InChI is InChI=1S/C15H26N2O2/c18-15(17-14-7-8-19-10-14)16-13-6-5-11-3-1-2-4-12(11)9-13/h11-14H,1-10H2,(H2,16,17,18). The quantitative estimate of drug-likeness (QED) is 0.806. The highest BCUT2D eigenvalue weighted by atomic mass is 16.5. The highest BCUT2D eigenvalue weighted by Crippen LogP contribution is 2.40. The molecule has 4 atom stereocenters. The number of amides is 2. The molecule has 4 heteroatoms. The van der Waals surface area contributed by atoms with Gasteiger partial charge in [-0.1, -0.05) is 25.7 Å². The van der Waals surface area contributed by atoms with Crippen LogP contribution < -0.4 is 10.6 Å². The summed E-state index contributed by atoms with van der Waals surface area (Å²) < 4.78 is 5.28. The summed E-state index contributed by atoms with van der Waals surface area (Å²) in [4.78, 5) is 11.9. The number of rotatable bonds is 2. The zero-order chi connectivity index (χ0) is 13.1. The van der Waals surface area contributed by atoms with Crippen LogP contribution in [-0.4, -0.2) is 31.3 Å². The van der Waals surface area contributed by atoms with Crippen molar-refractivity contribution in [3.63, 3.8) is 0 Å². The maximum Gasteiger partial charge on any atom is 0.315 e. The van der Waals surface area contributed by atoms with Crippen molar-refractivity contribution in [3.8, 4) is 0 Å². The van der Waals surface area contributed by atoms with E-state index in [0.717, 1.165) is 31.3 Å². The predicted molar refractivity (Wildman–Crippen MR) is 74.0 cm³/mol. The summed E-state index contributed by atoms with van der Waals surface area (Å²) in [5, 5.41) is 6.20. The molecule has 0 aromatic rings. The molecule has 0 bridgehead atoms. The fourth-order valence-electron chi connectivity index (χ4n) is 4.07. The van der Waals surface area contributed by atoms with Crippen molar-refractivity contribution >= 4 is 6.03 Å². The minimum Gasteiger partial charge on any atom is -0.379 e. The van der Waals surface area contributed by atoms with Gasteiger partial charge in [-0.2, -0.15) is 0 Å². The summed E-state index contributed by atoms with van der Waals surface area (Å²) >= 11 is 0. The smallest absolute Gasteiger partial charge is 0.315 e. The molecule has 4 unspecified atom stereocenters. The number of nitrogens with one attached hydrogen (secondary N) is 2. The minimum absolute atomic E-state index is 0.00904. The van der Waals surface area contributed by atoms with Gasteiger partial charge in [0.25, 0.3) is 0 Å². The van der Waals surface area contributed by atoms with Gasteiger partial charge in [0.2, 0.25) is 0 Å². The van der Waals surface area contributed by atoms with Gasteiger partial charge in [0.15, 0.2) is 0 Å². The van der Waals surface area contributed by atoms with Crippen molar-refractivity contribution in [1.82, 2.24) is 10.6 Å². The summed E-state index contributed by atoms with van der Waals surface area (Å²) in [6.45, 7) is 1.45. The Hall–Kier alpha value is -0.770. The molecule has 0 aromatic heterocycles. The van der Waals surface area contributed by atoms with Crippen LogP contribution in [0.2, 0.25) is 0 Å². The van der Waals surface area contributed by atoms with E-state index in [0.29, 0.717) is 12.6 Å². The average Bonchev–Trinajstić information content (AvgIpc) is 2.91. The van der Waals surface area contributed by atoms with E-state index in [1.807, 2.05) is 0 Å². The van der Waals surface area contributed by atoms with Crippen molar-refractivity contribution in [1.29, 1.82) is 0 Å². The molecule has 0 radical (unpaired) electrons. The molecule has 4 nitrogen and oxygen atoms in total. The average molecular weight is 266 g/mol. The summed E-state index contributed by atoms with van der Waals surface area (Å²) in [5.74, 6) is 1.81. The number of ether oxygens (including phenoxy) is 1. The van der Waals surface area contributed by atoms with Crippen LogP contribution in [0.15, 0.2) is 0 Å². The Morgan fingerprint density at radius 1 is 0.895 bits per heavy atom. The van der Waals surface area contributed by atoms with E-state index < -0.39 is 0 Å². The molecule has 2 N–H and O–H groups in total. The largest absolute Gasteiger partial charge is 0.379 e. The first-order valence-electron chi connectivity index (χ1n) is 7.96. The van der Waals surface area contributed by atoms with Crippen molar-refractivity contribution in [2.75, 3.05) is 13.2 Å². The number of hydrogen-bond acceptors (Lipinski definition) is 2. The van der Waals surface area contributed by atoms with Crippen LogP contribution in [0.25, 0.3) is 0 Å². The molecule has 2 aliphatic carbocycles. The Balaban J connectivity index is 1.43. The second-order valence-electron chi connectivity index (χ2n) is 6.49. The Morgan fingerprint density at radius 3 is 2.47 bits per heavy atom. The summed E-state index contributed by atoms with van der Waals surface area (Å²) in [5.41, 5.74) is 0. The van der Waals surface area contributed by atoms with Crippen LogP contribution in [0, 0.1) is 11.8 Å². The van der Waals surface area contributed by atoms with Crippen LogP contribution in [0.4, 0.5) is 4.79 Å². The second-order valence-corrected chi connectivity index (χ2v) is 6.49. The third-order valence-corrected chi connectivity index (χ3v) is 5.14. The molecule has 0 spiro atoms. The first kappa shape index (κ1) is 13.2. The molecule has 108 valence electrons. The van der Waals surface area contributed by atoms with E-state index in [1.54, 1.807) is 0 Å². The van der Waals surface area contributed by atoms with Gasteiger partial charge in [0.1, 0.15) is 0 Å². The molecule has 19 heavy (non-hydrogen) atoms. The molecule has 3 fully saturated rings. The van der Waals surface area contributed by atoms with Crippen LogP contribution in [-0.2, 0) is 4.74 Å². The Kier molecular flexibility index (Phi) is 4.26. The Bertz CT molecular complexity index is 315. The predicted octanol–water partition coefficient (Wildman–Crippen LogP) is 2.43. The summed E-state index contributed by atoms with van der Waals surface area (Å²) in [7, 11) is 0. The lowest BCUT2D eigenvalue weighted by Crippen LogP contribution is -2.48. The number of urea groups is 1. The lowest BCUT2D eigenvalue weighted by Gasteiger charge is -2.39. The van der Waals surface area contributed by atoms with Crippen LogP contribution >= 0.6 is 0 Å². The van der Waals surface area contributed by atoms with E-state index in [1.165, 1.54) is 38.5 Å². The van der Waals surface area contributed by atoms with E-state index in [4.69, 9.17) is 4.74 Å². The first-order valence-corrected chi connectivity index (χ1v) is 7.96. The van der Waals surface area contributed by atoms with Gasteiger partial charge in [0, 0.05) is 12.6 Å². The maximum absolute atomic E-state index is 11.9. The fourth-order valence-corrected chi connectivity index (χ4v) is 4.07. The van der Waals surface area contributed by atoms with E-state index in [9.17, 15) is 4.79 Å². The maximum atomic E-state index is 11.9. The highest BCUT2D eigenvalue weighted by Gasteiger charge is 2.32. The lowest BCUT2D eigenvalue weighted by atomic mass is 9.69. The topological polar surface area (TPSA) is 50.4 Å². The van der Waals surface area contributed by atoms with Crippen LogP contribution in [0.5, 0.6) is 0 Å². The van der Waals surface area contributed by atoms with Gasteiger partial charge in [-0.15, -0.1) is 0 Å². The molecular formula is C15H26N2O2. The third-order valence-electron chi connectivity index (χ3n) is 5.14. The van der Waals surface area contributed by atoms with Crippen molar-refractivity contribution < 1.29 is 9.53 Å². The SMILES string of the molecule is O=C(NC1CCOC1)NC1CCC2CCCCC2C1. The summed E-state index contributed by atoms with van der Waals surface area (Å²) in [6.07, 6.45) is 10.2. The van der Waals surface area contributed by atoms with Crippen LogP contribution in [0.1, 0.15) is 51.4 Å². The number of carbonyl (C=O) groups is 1. The minimum atomic E-state index is 0.00904. The zero-order valence-electron chi connectivity index (χ0n) is 11.7. The third kappa shape index (κ3) is 3.41. The van der Waals surface area contributed by atoms with Gasteiger partial charge in [-0.05, 0) is 37.5 Å². The molecule has 1 saturated heterocycles. The fraction of sp³-hybridized carbons (Fsp3) is 0.933. The Labute approximate surface area is 115 Å².